The van der Waals surface area contributed by atoms with Gasteiger partial charge in [0.25, 0.3) is 0 Å². The van der Waals surface area contributed by atoms with Gasteiger partial charge >= 0.3 is 0 Å². The van der Waals surface area contributed by atoms with Crippen molar-refractivity contribution in [3.63, 3.8) is 0 Å². The summed E-state index contributed by atoms with van der Waals surface area (Å²) in [5, 5.41) is 13.4. The molecule has 3 aromatic rings. The van der Waals surface area contributed by atoms with Crippen LogP contribution in [-0.2, 0) is 16.0 Å². The summed E-state index contributed by atoms with van der Waals surface area (Å²) >= 11 is 0. The second-order valence-electron chi connectivity index (χ2n) is 9.87. The van der Waals surface area contributed by atoms with Crippen molar-refractivity contribution in [2.45, 2.75) is 50.9 Å². The van der Waals surface area contributed by atoms with Crippen LogP contribution in [0, 0.1) is 5.82 Å². The molecule has 37 heavy (non-hydrogen) atoms. The van der Waals surface area contributed by atoms with Crippen molar-refractivity contribution in [2.24, 2.45) is 0 Å². The number of aromatic amines is 1. The average molecular weight is 511 g/mol. The van der Waals surface area contributed by atoms with Gasteiger partial charge in [-0.1, -0.05) is 61.5 Å². The van der Waals surface area contributed by atoms with E-state index in [2.05, 4.69) is 20.7 Å². The number of halogens is 2. The molecule has 3 unspecified atom stereocenters. The van der Waals surface area contributed by atoms with Gasteiger partial charge in [0.2, 0.25) is 11.8 Å². The van der Waals surface area contributed by atoms with Gasteiger partial charge in [-0.2, -0.15) is 0 Å². The summed E-state index contributed by atoms with van der Waals surface area (Å²) in [5.74, 6) is -0.740. The van der Waals surface area contributed by atoms with E-state index in [0.717, 1.165) is 5.56 Å². The molecule has 2 aromatic carbocycles. The van der Waals surface area contributed by atoms with Gasteiger partial charge in [0.1, 0.15) is 18.0 Å². The van der Waals surface area contributed by atoms with Crippen molar-refractivity contribution in [3.05, 3.63) is 76.7 Å². The molecule has 2 heterocycles. The van der Waals surface area contributed by atoms with Crippen LogP contribution in [0.5, 0.6) is 0 Å². The van der Waals surface area contributed by atoms with Gasteiger partial charge in [0.15, 0.2) is 5.82 Å². The quantitative estimate of drug-likeness (QED) is 0.484. The largest absolute Gasteiger partial charge is 0.360 e. The molecule has 4 rings (SSSR count). The normalized spacial score (nSPS) is 18.2. The van der Waals surface area contributed by atoms with Crippen LogP contribution in [0.2, 0.25) is 0 Å². The second-order valence-corrected chi connectivity index (χ2v) is 9.87. The number of benzene rings is 2. The molecule has 1 aliphatic rings. The van der Waals surface area contributed by atoms with Gasteiger partial charge in [-0.05, 0) is 28.7 Å². The van der Waals surface area contributed by atoms with Crippen molar-refractivity contribution < 1.29 is 18.4 Å². The zero-order valence-electron chi connectivity index (χ0n) is 21.4. The summed E-state index contributed by atoms with van der Waals surface area (Å²) in [5.41, 5.74) is 2.38. The molecular formula is C27H32F2N6O2. The van der Waals surface area contributed by atoms with E-state index < -0.39 is 30.1 Å². The third kappa shape index (κ3) is 5.79. The topological polar surface area (TPSA) is 94.2 Å². The van der Waals surface area contributed by atoms with E-state index in [-0.39, 0.29) is 31.1 Å². The summed E-state index contributed by atoms with van der Waals surface area (Å²) in [6, 6.07) is 12.5. The number of carbonyl (C=O) groups is 2. The average Bonchev–Trinajstić information content (AvgIpc) is 3.49. The highest BCUT2D eigenvalue weighted by Gasteiger charge is 2.40. The van der Waals surface area contributed by atoms with Crippen LogP contribution in [-0.4, -0.2) is 65.0 Å². The molecule has 196 valence electrons. The number of H-pyrrole nitrogens is 1. The Bertz CT molecular complexity index is 1250. The minimum Gasteiger partial charge on any atom is -0.360 e. The molecule has 0 aliphatic carbocycles. The molecule has 1 aliphatic heterocycles. The highest BCUT2D eigenvalue weighted by atomic mass is 19.1. The standard InChI is InChI=1S/C27H32F2N6O2/c1-16(2)20-11-10-18(12-21(20)29)25(17-8-6-5-7-9-17)30-27(37)23-13-19(28)15-35(23)24(36)14-22-26(34(3)4)32-33-31-22/h5-12,16,19,23,25H,13-15H2,1-4H3,(H,30,37)(H,31,32,33). The van der Waals surface area contributed by atoms with Gasteiger partial charge in [0.05, 0.1) is 24.7 Å². The molecule has 0 saturated carbocycles. The summed E-state index contributed by atoms with van der Waals surface area (Å²) in [6.45, 7) is 3.65. The number of nitrogens with one attached hydrogen (secondary N) is 2. The monoisotopic (exact) mass is 510 g/mol. The molecule has 1 aromatic heterocycles. The van der Waals surface area contributed by atoms with Crippen LogP contribution in [0.4, 0.5) is 14.6 Å². The Hall–Kier alpha value is -3.82. The predicted octanol–water partition coefficient (Wildman–Crippen LogP) is 3.52. The molecule has 2 amide bonds. The smallest absolute Gasteiger partial charge is 0.243 e. The van der Waals surface area contributed by atoms with Crippen LogP contribution < -0.4 is 10.2 Å². The molecule has 10 heteroatoms. The Morgan fingerprint density at radius 1 is 1.16 bits per heavy atom. The first-order valence-electron chi connectivity index (χ1n) is 12.3. The van der Waals surface area contributed by atoms with Crippen LogP contribution in [0.3, 0.4) is 0 Å². The molecule has 1 saturated heterocycles. The molecule has 3 atom stereocenters. The summed E-state index contributed by atoms with van der Waals surface area (Å²) < 4.78 is 29.4. The van der Waals surface area contributed by atoms with Gasteiger partial charge in [0, 0.05) is 20.5 Å². The lowest BCUT2D eigenvalue weighted by Gasteiger charge is -2.27. The maximum Gasteiger partial charge on any atom is 0.243 e. The zero-order valence-corrected chi connectivity index (χ0v) is 21.4. The van der Waals surface area contributed by atoms with Crippen molar-refractivity contribution in [1.82, 2.24) is 25.6 Å². The highest BCUT2D eigenvalue weighted by Crippen LogP contribution is 2.29. The first-order chi connectivity index (χ1) is 17.7. The number of hydrogen-bond donors (Lipinski definition) is 2. The fraction of sp³-hybridized carbons (Fsp3) is 0.407. The number of carbonyl (C=O) groups excluding carboxylic acids is 2. The number of likely N-dealkylation sites (tertiary alicyclic amines) is 1. The maximum atomic E-state index is 14.9. The van der Waals surface area contributed by atoms with Crippen LogP contribution in [0.1, 0.15) is 54.6 Å². The van der Waals surface area contributed by atoms with Crippen molar-refractivity contribution in [3.8, 4) is 0 Å². The van der Waals surface area contributed by atoms with E-state index in [1.165, 1.54) is 11.0 Å². The Morgan fingerprint density at radius 3 is 2.54 bits per heavy atom. The maximum absolute atomic E-state index is 14.9. The minimum absolute atomic E-state index is 0.0106. The van der Waals surface area contributed by atoms with E-state index in [4.69, 9.17) is 0 Å². The second kappa shape index (κ2) is 11.1. The first-order valence-corrected chi connectivity index (χ1v) is 12.3. The van der Waals surface area contributed by atoms with E-state index in [0.29, 0.717) is 22.6 Å². The molecule has 8 nitrogen and oxygen atoms in total. The van der Waals surface area contributed by atoms with E-state index >= 15 is 0 Å². The number of hydrogen-bond acceptors (Lipinski definition) is 5. The van der Waals surface area contributed by atoms with Gasteiger partial charge in [-0.3, -0.25) is 14.7 Å². The van der Waals surface area contributed by atoms with E-state index in [9.17, 15) is 18.4 Å². The number of amides is 2. The summed E-state index contributed by atoms with van der Waals surface area (Å²) in [7, 11) is 3.55. The number of nitrogens with zero attached hydrogens (tertiary/aromatic N) is 4. The lowest BCUT2D eigenvalue weighted by Crippen LogP contribution is -2.47. The third-order valence-electron chi connectivity index (χ3n) is 6.62. The minimum atomic E-state index is -1.33. The van der Waals surface area contributed by atoms with E-state index in [1.807, 2.05) is 44.2 Å². The van der Waals surface area contributed by atoms with Crippen molar-refractivity contribution >= 4 is 17.6 Å². The molecule has 0 bridgehead atoms. The van der Waals surface area contributed by atoms with Gasteiger partial charge < -0.3 is 15.1 Å². The number of aromatic nitrogens is 3. The third-order valence-corrected chi connectivity index (χ3v) is 6.62. The highest BCUT2D eigenvalue weighted by molar-refractivity contribution is 5.90. The van der Waals surface area contributed by atoms with E-state index in [1.54, 1.807) is 31.1 Å². The van der Waals surface area contributed by atoms with Crippen LogP contribution >= 0.6 is 0 Å². The van der Waals surface area contributed by atoms with Crippen molar-refractivity contribution in [2.75, 3.05) is 25.5 Å². The lowest BCUT2D eigenvalue weighted by atomic mass is 9.94. The Kier molecular flexibility index (Phi) is 7.85. The zero-order chi connectivity index (χ0) is 26.7. The SMILES string of the molecule is CC(C)c1ccc(C(NC(=O)C2CC(F)CN2C(=O)Cc2[nH]nnc2N(C)C)c2ccccc2)cc1F. The van der Waals surface area contributed by atoms with Gasteiger partial charge in [-0.25, -0.2) is 8.78 Å². The first kappa shape index (κ1) is 26.2. The lowest BCUT2D eigenvalue weighted by molar-refractivity contribution is -0.138. The van der Waals surface area contributed by atoms with Crippen LogP contribution in [0.25, 0.3) is 0 Å². The Balaban J connectivity index is 1.58. The molecule has 0 spiro atoms. The Morgan fingerprint density at radius 2 is 1.89 bits per heavy atom. The molecule has 0 radical (unpaired) electrons. The fourth-order valence-corrected chi connectivity index (χ4v) is 4.72. The summed E-state index contributed by atoms with van der Waals surface area (Å²) in [4.78, 5) is 29.6. The van der Waals surface area contributed by atoms with Crippen molar-refractivity contribution in [1.29, 1.82) is 0 Å². The number of anilines is 1. The fourth-order valence-electron chi connectivity index (χ4n) is 4.72. The molecule has 1 fully saturated rings. The van der Waals surface area contributed by atoms with Gasteiger partial charge in [-0.15, -0.1) is 5.10 Å². The number of alkyl halides is 1. The predicted molar refractivity (Wildman–Crippen MR) is 136 cm³/mol. The summed E-state index contributed by atoms with van der Waals surface area (Å²) in [6.07, 6.45) is -1.53. The Labute approximate surface area is 215 Å². The molecular weight excluding hydrogens is 478 g/mol. The number of rotatable bonds is 8. The molecule has 2 N–H and O–H groups in total. The van der Waals surface area contributed by atoms with Crippen LogP contribution in [0.15, 0.2) is 48.5 Å².